The maximum absolute atomic E-state index is 5.69. The SMILES string of the molecule is Cc1noc(C)c1-c1cc2ccoc2cc1CN[C@H]1CCCN[C@H]1c1ccccc1. The van der Waals surface area contributed by atoms with Crippen molar-refractivity contribution < 1.29 is 8.94 Å². The first-order chi connectivity index (χ1) is 14.7. The van der Waals surface area contributed by atoms with Crippen LogP contribution in [0.1, 0.15) is 41.5 Å². The molecule has 1 saturated heterocycles. The summed E-state index contributed by atoms with van der Waals surface area (Å²) in [7, 11) is 0. The monoisotopic (exact) mass is 401 g/mol. The third-order valence-electron chi connectivity index (χ3n) is 6.15. The van der Waals surface area contributed by atoms with Crippen LogP contribution in [0.25, 0.3) is 22.1 Å². The fourth-order valence-electron chi connectivity index (χ4n) is 4.66. The van der Waals surface area contributed by atoms with E-state index < -0.39 is 0 Å². The number of fused-ring (bicyclic) bond motifs is 1. The summed E-state index contributed by atoms with van der Waals surface area (Å²) in [6.45, 7) is 5.79. The highest BCUT2D eigenvalue weighted by molar-refractivity contribution is 5.86. The first kappa shape index (κ1) is 19.1. The van der Waals surface area contributed by atoms with Gasteiger partial charge in [0.1, 0.15) is 11.3 Å². The van der Waals surface area contributed by atoms with Crippen molar-refractivity contribution in [2.24, 2.45) is 0 Å². The molecule has 2 aromatic carbocycles. The molecule has 0 radical (unpaired) electrons. The maximum Gasteiger partial charge on any atom is 0.141 e. The van der Waals surface area contributed by atoms with E-state index in [2.05, 4.69) is 58.3 Å². The summed E-state index contributed by atoms with van der Waals surface area (Å²) in [5.74, 6) is 0.845. The minimum atomic E-state index is 0.315. The van der Waals surface area contributed by atoms with Crippen LogP contribution in [-0.4, -0.2) is 17.7 Å². The molecule has 1 aliphatic rings. The third-order valence-corrected chi connectivity index (χ3v) is 6.15. The molecule has 5 heteroatoms. The minimum absolute atomic E-state index is 0.315. The number of nitrogens with zero attached hydrogens (tertiary/aromatic N) is 1. The lowest BCUT2D eigenvalue weighted by atomic mass is 9.91. The summed E-state index contributed by atoms with van der Waals surface area (Å²) in [4.78, 5) is 0. The Hall–Kier alpha value is -2.89. The van der Waals surface area contributed by atoms with Crippen LogP contribution in [0.3, 0.4) is 0 Å². The smallest absolute Gasteiger partial charge is 0.141 e. The van der Waals surface area contributed by atoms with Gasteiger partial charge in [0.15, 0.2) is 0 Å². The van der Waals surface area contributed by atoms with Gasteiger partial charge in [-0.15, -0.1) is 0 Å². The van der Waals surface area contributed by atoms with E-state index in [1.165, 1.54) is 17.5 Å². The zero-order valence-electron chi connectivity index (χ0n) is 17.4. The van der Waals surface area contributed by atoms with E-state index in [9.17, 15) is 0 Å². The highest BCUT2D eigenvalue weighted by atomic mass is 16.5. The van der Waals surface area contributed by atoms with Gasteiger partial charge in [-0.3, -0.25) is 0 Å². The normalized spacial score (nSPS) is 19.4. The van der Waals surface area contributed by atoms with Crippen LogP contribution in [-0.2, 0) is 6.54 Å². The number of nitrogens with one attached hydrogen (secondary N) is 2. The molecule has 0 bridgehead atoms. The average Bonchev–Trinajstić information content (AvgIpc) is 3.37. The molecule has 4 aromatic rings. The summed E-state index contributed by atoms with van der Waals surface area (Å²) in [5.41, 5.74) is 6.59. The number of rotatable bonds is 5. The Morgan fingerprint density at radius 1 is 1.13 bits per heavy atom. The van der Waals surface area contributed by atoms with Crippen LogP contribution in [0.4, 0.5) is 0 Å². The predicted molar refractivity (Wildman–Crippen MR) is 118 cm³/mol. The van der Waals surface area contributed by atoms with Gasteiger partial charge in [0.25, 0.3) is 0 Å². The molecule has 5 rings (SSSR count). The first-order valence-electron chi connectivity index (χ1n) is 10.7. The van der Waals surface area contributed by atoms with E-state index in [1.807, 2.05) is 19.9 Å². The zero-order chi connectivity index (χ0) is 20.5. The molecular weight excluding hydrogens is 374 g/mol. The van der Waals surface area contributed by atoms with Crippen molar-refractivity contribution in [1.29, 1.82) is 0 Å². The summed E-state index contributed by atoms with van der Waals surface area (Å²) >= 11 is 0. The van der Waals surface area contributed by atoms with Crippen LogP contribution in [0.2, 0.25) is 0 Å². The minimum Gasteiger partial charge on any atom is -0.464 e. The molecule has 0 saturated carbocycles. The standard InChI is InChI=1S/C25H27N3O2/c1-16-24(17(2)30-28-16)21-13-19-10-12-29-23(19)14-20(21)15-27-22-9-6-11-26-25(22)18-7-4-3-5-8-18/h3-5,7-8,10,12-14,22,25-27H,6,9,11,15H2,1-2H3/t22-,25-/m0/s1. The van der Waals surface area contributed by atoms with Gasteiger partial charge in [-0.05, 0) is 68.1 Å². The van der Waals surface area contributed by atoms with Crippen molar-refractivity contribution in [3.63, 3.8) is 0 Å². The summed E-state index contributed by atoms with van der Waals surface area (Å²) < 4.78 is 11.2. The zero-order valence-corrected chi connectivity index (χ0v) is 17.4. The number of hydrogen-bond donors (Lipinski definition) is 2. The number of benzene rings is 2. The lowest BCUT2D eigenvalue weighted by Crippen LogP contribution is -2.45. The van der Waals surface area contributed by atoms with Crippen LogP contribution in [0.15, 0.2) is 63.7 Å². The van der Waals surface area contributed by atoms with E-state index in [1.54, 1.807) is 6.26 Å². The van der Waals surface area contributed by atoms with Crippen LogP contribution in [0, 0.1) is 13.8 Å². The largest absolute Gasteiger partial charge is 0.464 e. The third kappa shape index (κ3) is 3.55. The van der Waals surface area contributed by atoms with Gasteiger partial charge in [-0.1, -0.05) is 35.5 Å². The summed E-state index contributed by atoms with van der Waals surface area (Å²) in [5, 5.41) is 12.8. The molecule has 5 nitrogen and oxygen atoms in total. The number of furan rings is 1. The lowest BCUT2D eigenvalue weighted by Gasteiger charge is -2.34. The molecular formula is C25H27N3O2. The van der Waals surface area contributed by atoms with Crippen molar-refractivity contribution in [3.8, 4) is 11.1 Å². The molecule has 0 unspecified atom stereocenters. The Bertz CT molecular complexity index is 1130. The van der Waals surface area contributed by atoms with Gasteiger partial charge >= 0.3 is 0 Å². The maximum atomic E-state index is 5.69. The highest BCUT2D eigenvalue weighted by Crippen LogP contribution is 2.34. The van der Waals surface area contributed by atoms with Crippen LogP contribution >= 0.6 is 0 Å². The summed E-state index contributed by atoms with van der Waals surface area (Å²) in [6, 6.07) is 17.7. The Labute approximate surface area is 176 Å². The molecule has 154 valence electrons. The molecule has 30 heavy (non-hydrogen) atoms. The highest BCUT2D eigenvalue weighted by Gasteiger charge is 2.26. The fraction of sp³-hybridized carbons (Fsp3) is 0.320. The molecule has 1 fully saturated rings. The lowest BCUT2D eigenvalue weighted by molar-refractivity contribution is 0.305. The number of piperidine rings is 1. The molecule has 1 aliphatic heterocycles. The van der Waals surface area contributed by atoms with Crippen molar-refractivity contribution in [2.75, 3.05) is 6.54 Å². The van der Waals surface area contributed by atoms with Gasteiger partial charge in [0, 0.05) is 29.6 Å². The number of aryl methyl sites for hydroxylation is 2. The van der Waals surface area contributed by atoms with Crippen molar-refractivity contribution in [2.45, 2.75) is 45.3 Å². The Morgan fingerprint density at radius 2 is 2.00 bits per heavy atom. The summed E-state index contributed by atoms with van der Waals surface area (Å²) in [6.07, 6.45) is 4.07. The van der Waals surface area contributed by atoms with E-state index in [0.29, 0.717) is 12.1 Å². The molecule has 2 N–H and O–H groups in total. The van der Waals surface area contributed by atoms with Gasteiger partial charge in [-0.25, -0.2) is 0 Å². The van der Waals surface area contributed by atoms with E-state index in [0.717, 1.165) is 53.1 Å². The Kier molecular flexibility index (Phi) is 5.15. The van der Waals surface area contributed by atoms with E-state index in [4.69, 9.17) is 8.94 Å². The number of hydrogen-bond acceptors (Lipinski definition) is 5. The second-order valence-electron chi connectivity index (χ2n) is 8.14. The van der Waals surface area contributed by atoms with Gasteiger partial charge < -0.3 is 19.6 Å². The van der Waals surface area contributed by atoms with E-state index in [-0.39, 0.29) is 0 Å². The van der Waals surface area contributed by atoms with Gasteiger partial charge in [0.2, 0.25) is 0 Å². The molecule has 3 heterocycles. The average molecular weight is 402 g/mol. The second-order valence-corrected chi connectivity index (χ2v) is 8.14. The molecule has 2 atom stereocenters. The number of aromatic nitrogens is 1. The van der Waals surface area contributed by atoms with Crippen molar-refractivity contribution >= 4 is 11.0 Å². The Balaban J connectivity index is 1.47. The molecule has 0 aliphatic carbocycles. The quantitative estimate of drug-likeness (QED) is 0.476. The van der Waals surface area contributed by atoms with Gasteiger partial charge in [-0.2, -0.15) is 0 Å². The van der Waals surface area contributed by atoms with Gasteiger partial charge in [0.05, 0.1) is 12.0 Å². The van der Waals surface area contributed by atoms with Crippen molar-refractivity contribution in [3.05, 3.63) is 77.4 Å². The van der Waals surface area contributed by atoms with Crippen LogP contribution in [0.5, 0.6) is 0 Å². The molecule has 0 spiro atoms. The fourth-order valence-corrected chi connectivity index (χ4v) is 4.66. The first-order valence-corrected chi connectivity index (χ1v) is 10.7. The van der Waals surface area contributed by atoms with Crippen LogP contribution < -0.4 is 10.6 Å². The molecule has 2 aromatic heterocycles. The predicted octanol–water partition coefficient (Wildman–Crippen LogP) is 5.29. The second kappa shape index (κ2) is 8.09. The Morgan fingerprint density at radius 3 is 2.80 bits per heavy atom. The van der Waals surface area contributed by atoms with Crippen molar-refractivity contribution in [1.82, 2.24) is 15.8 Å². The topological polar surface area (TPSA) is 63.2 Å². The molecule has 0 amide bonds. The van der Waals surface area contributed by atoms with E-state index >= 15 is 0 Å².